The molecule has 1 heterocycles. The molecule has 5 nitrogen and oxygen atoms in total. The van der Waals surface area contributed by atoms with Gasteiger partial charge in [0.05, 0.1) is 6.10 Å². The van der Waals surface area contributed by atoms with E-state index in [2.05, 4.69) is 13.8 Å². The van der Waals surface area contributed by atoms with Gasteiger partial charge in [0.2, 0.25) is 0 Å². The minimum atomic E-state index is -1.04. The summed E-state index contributed by atoms with van der Waals surface area (Å²) in [6.07, 6.45) is 0.480. The Kier molecular flexibility index (Phi) is 7.87. The first-order chi connectivity index (χ1) is 9.11. The van der Waals surface area contributed by atoms with Crippen molar-refractivity contribution in [3.63, 3.8) is 0 Å². The summed E-state index contributed by atoms with van der Waals surface area (Å²) >= 11 is 0. The summed E-state index contributed by atoms with van der Waals surface area (Å²) in [5, 5.41) is 20.1. The van der Waals surface area contributed by atoms with Crippen LogP contribution >= 0.6 is 0 Å². The highest BCUT2D eigenvalue weighted by Crippen LogP contribution is 2.25. The molecule has 2 N–H and O–H groups in total. The van der Waals surface area contributed by atoms with E-state index in [0.29, 0.717) is 13.2 Å². The molecule has 1 rings (SSSR count). The first-order valence-electron chi connectivity index (χ1n) is 7.36. The lowest BCUT2D eigenvalue weighted by Crippen LogP contribution is -2.58. The number of rotatable bonds is 8. The zero-order valence-electron chi connectivity index (χ0n) is 12.2. The van der Waals surface area contributed by atoms with Crippen molar-refractivity contribution < 1.29 is 24.4 Å². The van der Waals surface area contributed by atoms with Crippen molar-refractivity contribution in [3.8, 4) is 0 Å². The van der Waals surface area contributed by atoms with Crippen LogP contribution in [0.25, 0.3) is 0 Å². The Balaban J connectivity index is 2.57. The topological polar surface area (TPSA) is 68.2 Å². The van der Waals surface area contributed by atoms with Crippen molar-refractivity contribution in [2.45, 2.75) is 77.2 Å². The van der Waals surface area contributed by atoms with Gasteiger partial charge in [-0.1, -0.05) is 26.7 Å². The monoisotopic (exact) mass is 276 g/mol. The average molecular weight is 276 g/mol. The van der Waals surface area contributed by atoms with E-state index in [1.807, 2.05) is 0 Å². The van der Waals surface area contributed by atoms with Crippen molar-refractivity contribution in [2.24, 2.45) is 0 Å². The van der Waals surface area contributed by atoms with Gasteiger partial charge in [0.1, 0.15) is 18.3 Å². The van der Waals surface area contributed by atoms with Crippen molar-refractivity contribution in [2.75, 3.05) is 13.2 Å². The maximum absolute atomic E-state index is 10.1. The minimum Gasteiger partial charge on any atom is -0.388 e. The van der Waals surface area contributed by atoms with Crippen LogP contribution in [0.3, 0.4) is 0 Å². The molecule has 0 aromatic carbocycles. The molecular formula is C14H28O5. The van der Waals surface area contributed by atoms with Gasteiger partial charge in [-0.25, -0.2) is 0 Å². The molecule has 1 aliphatic heterocycles. The molecule has 5 atom stereocenters. The molecule has 0 amide bonds. The van der Waals surface area contributed by atoms with E-state index in [4.69, 9.17) is 14.2 Å². The van der Waals surface area contributed by atoms with Crippen LogP contribution in [0, 0.1) is 0 Å². The fourth-order valence-corrected chi connectivity index (χ4v) is 2.10. The predicted octanol–water partition coefficient (Wildman–Crippen LogP) is 1.45. The Labute approximate surface area is 115 Å². The second-order valence-corrected chi connectivity index (χ2v) is 5.10. The van der Waals surface area contributed by atoms with Crippen LogP contribution in [0.15, 0.2) is 0 Å². The fraction of sp³-hybridized carbons (Fsp3) is 1.00. The fourth-order valence-electron chi connectivity index (χ4n) is 2.10. The minimum absolute atomic E-state index is 0.451. The number of ether oxygens (including phenoxy) is 3. The lowest BCUT2D eigenvalue weighted by atomic mass is 9.99. The highest BCUT2D eigenvalue weighted by molar-refractivity contribution is 4.89. The molecule has 0 spiro atoms. The molecule has 0 aliphatic carbocycles. The van der Waals surface area contributed by atoms with Crippen molar-refractivity contribution in [1.82, 2.24) is 0 Å². The first kappa shape index (κ1) is 16.9. The Hall–Kier alpha value is -0.200. The molecule has 2 unspecified atom stereocenters. The van der Waals surface area contributed by atoms with E-state index in [9.17, 15) is 10.2 Å². The summed E-state index contributed by atoms with van der Waals surface area (Å²) in [5.74, 6) is 0. The Morgan fingerprint density at radius 1 is 0.947 bits per heavy atom. The Morgan fingerprint density at radius 2 is 1.47 bits per heavy atom. The molecule has 0 aromatic heterocycles. The number of aliphatic hydroxyl groups excluding tert-OH is 2. The second kappa shape index (κ2) is 8.87. The molecular weight excluding hydrogens is 248 g/mol. The zero-order valence-corrected chi connectivity index (χ0v) is 12.2. The number of aliphatic hydroxyl groups is 2. The number of unbranched alkanes of at least 4 members (excludes halogenated alkanes) is 2. The SMILES string of the molecule is CCCCOC1[C@H](O)C(C)O[C@@H](O)[C@H]1OCCCC. The summed E-state index contributed by atoms with van der Waals surface area (Å²) < 4.78 is 16.6. The largest absolute Gasteiger partial charge is 0.388 e. The van der Waals surface area contributed by atoms with E-state index in [1.54, 1.807) is 6.92 Å². The maximum Gasteiger partial charge on any atom is 0.184 e. The lowest BCUT2D eigenvalue weighted by Gasteiger charge is -2.41. The van der Waals surface area contributed by atoms with Gasteiger partial charge in [0, 0.05) is 13.2 Å². The maximum atomic E-state index is 10.1. The van der Waals surface area contributed by atoms with Crippen LogP contribution in [-0.4, -0.2) is 54.1 Å². The lowest BCUT2D eigenvalue weighted by molar-refractivity contribution is -0.296. The Morgan fingerprint density at radius 3 is 2.00 bits per heavy atom. The third kappa shape index (κ3) is 5.00. The molecule has 1 aliphatic rings. The third-order valence-electron chi connectivity index (χ3n) is 3.39. The van der Waals surface area contributed by atoms with Crippen molar-refractivity contribution >= 4 is 0 Å². The highest BCUT2D eigenvalue weighted by atomic mass is 16.7. The van der Waals surface area contributed by atoms with Gasteiger partial charge in [-0.2, -0.15) is 0 Å². The number of hydrogen-bond donors (Lipinski definition) is 2. The van der Waals surface area contributed by atoms with E-state index < -0.39 is 30.7 Å². The van der Waals surface area contributed by atoms with Gasteiger partial charge in [-0.05, 0) is 19.8 Å². The van der Waals surface area contributed by atoms with E-state index >= 15 is 0 Å². The summed E-state index contributed by atoms with van der Waals surface area (Å²) in [6, 6.07) is 0. The van der Waals surface area contributed by atoms with Gasteiger partial charge in [-0.15, -0.1) is 0 Å². The normalized spacial score (nSPS) is 35.5. The smallest absolute Gasteiger partial charge is 0.184 e. The molecule has 5 heteroatoms. The van der Waals surface area contributed by atoms with Gasteiger partial charge in [-0.3, -0.25) is 0 Å². The van der Waals surface area contributed by atoms with Gasteiger partial charge < -0.3 is 24.4 Å². The quantitative estimate of drug-likeness (QED) is 0.657. The molecule has 1 saturated heterocycles. The summed E-state index contributed by atoms with van der Waals surface area (Å²) in [6.45, 7) is 6.98. The second-order valence-electron chi connectivity index (χ2n) is 5.10. The molecule has 0 saturated carbocycles. The summed E-state index contributed by atoms with van der Waals surface area (Å²) in [7, 11) is 0. The van der Waals surface area contributed by atoms with Gasteiger partial charge >= 0.3 is 0 Å². The standard InChI is InChI=1S/C14H28O5/c1-4-6-8-17-12-11(15)10(3)19-14(16)13(12)18-9-7-5-2/h10-16H,4-9H2,1-3H3/t10?,11-,12?,13+,14-/m1/s1. The molecule has 0 radical (unpaired) electrons. The summed E-state index contributed by atoms with van der Waals surface area (Å²) in [5.41, 5.74) is 0. The average Bonchev–Trinajstić information content (AvgIpc) is 2.38. The van der Waals surface area contributed by atoms with Gasteiger partial charge in [0.25, 0.3) is 0 Å². The van der Waals surface area contributed by atoms with Crippen LogP contribution in [0.4, 0.5) is 0 Å². The molecule has 0 aromatic rings. The van der Waals surface area contributed by atoms with Crippen LogP contribution in [0.5, 0.6) is 0 Å². The number of hydrogen-bond acceptors (Lipinski definition) is 5. The van der Waals surface area contributed by atoms with E-state index in [-0.39, 0.29) is 0 Å². The molecule has 1 fully saturated rings. The molecule has 114 valence electrons. The molecule has 19 heavy (non-hydrogen) atoms. The highest BCUT2D eigenvalue weighted by Gasteiger charge is 2.44. The summed E-state index contributed by atoms with van der Waals surface area (Å²) in [4.78, 5) is 0. The van der Waals surface area contributed by atoms with E-state index in [1.165, 1.54) is 0 Å². The van der Waals surface area contributed by atoms with Gasteiger partial charge in [0.15, 0.2) is 6.29 Å². The zero-order chi connectivity index (χ0) is 14.3. The van der Waals surface area contributed by atoms with E-state index in [0.717, 1.165) is 25.7 Å². The third-order valence-corrected chi connectivity index (χ3v) is 3.39. The van der Waals surface area contributed by atoms with Crippen molar-refractivity contribution in [3.05, 3.63) is 0 Å². The van der Waals surface area contributed by atoms with Crippen LogP contribution < -0.4 is 0 Å². The van der Waals surface area contributed by atoms with Crippen LogP contribution in [0.2, 0.25) is 0 Å². The first-order valence-corrected chi connectivity index (χ1v) is 7.36. The van der Waals surface area contributed by atoms with Crippen LogP contribution in [-0.2, 0) is 14.2 Å². The van der Waals surface area contributed by atoms with Crippen LogP contribution in [0.1, 0.15) is 46.5 Å². The Bertz CT molecular complexity index is 236. The van der Waals surface area contributed by atoms with Crippen molar-refractivity contribution in [1.29, 1.82) is 0 Å². The molecule has 0 bridgehead atoms. The predicted molar refractivity (Wildman–Crippen MR) is 71.9 cm³/mol.